The van der Waals surface area contributed by atoms with Gasteiger partial charge in [-0.25, -0.2) is 4.39 Å². The molecule has 0 fully saturated rings. The van der Waals surface area contributed by atoms with Gasteiger partial charge in [-0.05, 0) is 29.8 Å². The quantitative estimate of drug-likeness (QED) is 0.749. The number of hydrogen-bond donors (Lipinski definition) is 1. The summed E-state index contributed by atoms with van der Waals surface area (Å²) in [6, 6.07) is 18.6. The fraction of sp³-hybridized carbons (Fsp3) is 0.176. The second-order valence-electron chi connectivity index (χ2n) is 4.84. The number of anilines is 1. The lowest BCUT2D eigenvalue weighted by Crippen LogP contribution is -2.02. The molecule has 3 rings (SSSR count). The van der Waals surface area contributed by atoms with Crippen molar-refractivity contribution in [1.82, 2.24) is 4.57 Å². The molecule has 3 heteroatoms. The van der Waals surface area contributed by atoms with Crippen molar-refractivity contribution < 1.29 is 4.39 Å². The molecule has 0 unspecified atom stereocenters. The Morgan fingerprint density at radius 2 is 1.80 bits per heavy atom. The molecular weight excluding hydrogens is 251 g/mol. The van der Waals surface area contributed by atoms with E-state index in [2.05, 4.69) is 59.4 Å². The predicted octanol–water partition coefficient (Wildman–Crippen LogP) is 4.23. The maximum Gasteiger partial charge on any atom is 0.107 e. The fourth-order valence-corrected chi connectivity index (χ4v) is 2.52. The number of rotatable bonds is 4. The summed E-state index contributed by atoms with van der Waals surface area (Å²) in [5.41, 5.74) is 4.52. The first kappa shape index (κ1) is 12.7. The van der Waals surface area contributed by atoms with E-state index in [0.29, 0.717) is 6.54 Å². The van der Waals surface area contributed by atoms with Crippen LogP contribution in [0.1, 0.15) is 0 Å². The summed E-state index contributed by atoms with van der Waals surface area (Å²) in [7, 11) is 2.08. The van der Waals surface area contributed by atoms with Crippen molar-refractivity contribution in [3.8, 4) is 11.3 Å². The Morgan fingerprint density at radius 1 is 1.05 bits per heavy atom. The van der Waals surface area contributed by atoms with Gasteiger partial charge in [0.15, 0.2) is 0 Å². The Labute approximate surface area is 117 Å². The van der Waals surface area contributed by atoms with Crippen LogP contribution in [-0.2, 0) is 7.05 Å². The molecule has 102 valence electrons. The third-order valence-corrected chi connectivity index (χ3v) is 3.56. The van der Waals surface area contributed by atoms with E-state index < -0.39 is 0 Å². The summed E-state index contributed by atoms with van der Waals surface area (Å²) in [5.74, 6) is 0. The molecule has 1 aromatic heterocycles. The highest BCUT2D eigenvalue weighted by atomic mass is 19.1. The summed E-state index contributed by atoms with van der Waals surface area (Å²) in [6.07, 6.45) is 0. The van der Waals surface area contributed by atoms with Crippen molar-refractivity contribution in [2.24, 2.45) is 7.05 Å². The third-order valence-electron chi connectivity index (χ3n) is 3.56. The van der Waals surface area contributed by atoms with Gasteiger partial charge >= 0.3 is 0 Å². The van der Waals surface area contributed by atoms with Crippen molar-refractivity contribution >= 4 is 16.6 Å². The number of benzene rings is 2. The first-order chi connectivity index (χ1) is 9.79. The molecule has 3 aromatic rings. The summed E-state index contributed by atoms with van der Waals surface area (Å²) in [4.78, 5) is 0. The average Bonchev–Trinajstić information content (AvgIpc) is 2.83. The predicted molar refractivity (Wildman–Crippen MR) is 82.8 cm³/mol. The van der Waals surface area contributed by atoms with Crippen LogP contribution in [0.2, 0.25) is 0 Å². The van der Waals surface area contributed by atoms with Gasteiger partial charge in [-0.3, -0.25) is 0 Å². The number of alkyl halides is 1. The molecule has 0 saturated heterocycles. The zero-order chi connectivity index (χ0) is 13.9. The summed E-state index contributed by atoms with van der Waals surface area (Å²) >= 11 is 0. The fourth-order valence-electron chi connectivity index (χ4n) is 2.52. The molecule has 2 nitrogen and oxygen atoms in total. The summed E-state index contributed by atoms with van der Waals surface area (Å²) < 4.78 is 14.3. The summed E-state index contributed by atoms with van der Waals surface area (Å²) in [5, 5.41) is 4.27. The summed E-state index contributed by atoms with van der Waals surface area (Å²) in [6.45, 7) is -0.00165. The molecule has 1 heterocycles. The van der Waals surface area contributed by atoms with E-state index >= 15 is 0 Å². The van der Waals surface area contributed by atoms with Gasteiger partial charge in [-0.15, -0.1) is 0 Å². The molecule has 0 aliphatic heterocycles. The van der Waals surface area contributed by atoms with Crippen molar-refractivity contribution in [1.29, 1.82) is 0 Å². The van der Waals surface area contributed by atoms with Crippen LogP contribution >= 0.6 is 0 Å². The van der Waals surface area contributed by atoms with Crippen LogP contribution in [0.25, 0.3) is 22.2 Å². The molecule has 0 saturated carbocycles. The molecule has 0 amide bonds. The van der Waals surface area contributed by atoms with E-state index in [-0.39, 0.29) is 6.67 Å². The smallest absolute Gasteiger partial charge is 0.107 e. The molecule has 0 aliphatic carbocycles. The molecule has 1 N–H and O–H groups in total. The number of aromatic nitrogens is 1. The Balaban J connectivity index is 1.96. The Morgan fingerprint density at radius 3 is 2.50 bits per heavy atom. The number of halogens is 1. The first-order valence-electron chi connectivity index (χ1n) is 6.74. The molecule has 0 radical (unpaired) electrons. The van der Waals surface area contributed by atoms with E-state index in [1.165, 1.54) is 16.6 Å². The number of para-hydroxylation sites is 1. The van der Waals surface area contributed by atoms with Crippen molar-refractivity contribution in [2.75, 3.05) is 18.5 Å². The second-order valence-corrected chi connectivity index (χ2v) is 4.84. The zero-order valence-corrected chi connectivity index (χ0v) is 11.4. The minimum Gasteiger partial charge on any atom is -0.382 e. The van der Waals surface area contributed by atoms with Crippen molar-refractivity contribution in [2.45, 2.75) is 0 Å². The van der Waals surface area contributed by atoms with Crippen LogP contribution in [0.3, 0.4) is 0 Å². The van der Waals surface area contributed by atoms with Crippen LogP contribution in [0.15, 0.2) is 54.6 Å². The van der Waals surface area contributed by atoms with Gasteiger partial charge in [0.1, 0.15) is 6.67 Å². The van der Waals surface area contributed by atoms with Gasteiger partial charge in [0.2, 0.25) is 0 Å². The van der Waals surface area contributed by atoms with Crippen LogP contribution in [0, 0.1) is 0 Å². The highest BCUT2D eigenvalue weighted by Gasteiger charge is 2.07. The number of nitrogens with zero attached hydrogens (tertiary/aromatic N) is 1. The average molecular weight is 268 g/mol. The van der Waals surface area contributed by atoms with Gasteiger partial charge in [-0.1, -0.05) is 30.3 Å². The lowest BCUT2D eigenvalue weighted by atomic mass is 10.1. The molecular formula is C17H17FN2. The first-order valence-corrected chi connectivity index (χ1v) is 6.74. The van der Waals surface area contributed by atoms with Crippen molar-refractivity contribution in [3.63, 3.8) is 0 Å². The van der Waals surface area contributed by atoms with Crippen molar-refractivity contribution in [3.05, 3.63) is 54.6 Å². The van der Waals surface area contributed by atoms with Crippen LogP contribution < -0.4 is 5.32 Å². The minimum atomic E-state index is -0.356. The zero-order valence-electron chi connectivity index (χ0n) is 11.4. The minimum absolute atomic E-state index is 0.355. The topological polar surface area (TPSA) is 17.0 Å². The van der Waals surface area contributed by atoms with Gasteiger partial charge in [0, 0.05) is 35.9 Å². The molecule has 0 bridgehead atoms. The van der Waals surface area contributed by atoms with E-state index in [9.17, 15) is 4.39 Å². The maximum atomic E-state index is 12.1. The standard InChI is InChI=1S/C17H17FN2/c1-20-16-5-3-2-4-14(16)12-17(20)13-6-8-15(9-7-13)19-11-10-18/h2-9,12,19H,10-11H2,1H3. The highest BCUT2D eigenvalue weighted by molar-refractivity contribution is 5.87. The van der Waals surface area contributed by atoms with Crippen LogP contribution in [0.5, 0.6) is 0 Å². The lowest BCUT2D eigenvalue weighted by molar-refractivity contribution is 0.513. The van der Waals surface area contributed by atoms with Gasteiger partial charge in [0.05, 0.1) is 0 Å². The SMILES string of the molecule is Cn1c(-c2ccc(NCCF)cc2)cc2ccccc21. The third kappa shape index (κ3) is 2.27. The normalized spacial score (nSPS) is 10.9. The van der Waals surface area contributed by atoms with Gasteiger partial charge in [-0.2, -0.15) is 0 Å². The molecule has 2 aromatic carbocycles. The maximum absolute atomic E-state index is 12.1. The largest absolute Gasteiger partial charge is 0.382 e. The van der Waals surface area contributed by atoms with E-state index in [1.54, 1.807) is 0 Å². The Bertz CT molecular complexity index is 713. The molecule has 20 heavy (non-hydrogen) atoms. The van der Waals surface area contributed by atoms with Crippen LogP contribution in [-0.4, -0.2) is 17.8 Å². The van der Waals surface area contributed by atoms with E-state index in [1.807, 2.05) is 12.1 Å². The lowest BCUT2D eigenvalue weighted by Gasteiger charge is -2.07. The monoisotopic (exact) mass is 268 g/mol. The highest BCUT2D eigenvalue weighted by Crippen LogP contribution is 2.27. The molecule has 0 spiro atoms. The van der Waals surface area contributed by atoms with E-state index in [0.717, 1.165) is 11.3 Å². The number of nitrogens with one attached hydrogen (secondary N) is 1. The Kier molecular flexibility index (Phi) is 3.42. The number of hydrogen-bond acceptors (Lipinski definition) is 1. The van der Waals surface area contributed by atoms with Gasteiger partial charge < -0.3 is 9.88 Å². The number of fused-ring (bicyclic) bond motifs is 1. The van der Waals surface area contributed by atoms with Gasteiger partial charge in [0.25, 0.3) is 0 Å². The van der Waals surface area contributed by atoms with Crippen LogP contribution in [0.4, 0.5) is 10.1 Å². The van der Waals surface area contributed by atoms with E-state index in [4.69, 9.17) is 0 Å². The molecule has 0 aliphatic rings. The molecule has 0 atom stereocenters. The Hall–Kier alpha value is -2.29. The number of aryl methyl sites for hydroxylation is 1. The second kappa shape index (κ2) is 5.37.